The fraction of sp³-hybridized carbons (Fsp3) is 0.261. The molecular formula is C23H23FN2OS. The van der Waals surface area contributed by atoms with Crippen molar-refractivity contribution >= 4 is 28.6 Å². The number of hydrogen-bond acceptors (Lipinski definition) is 3. The van der Waals surface area contributed by atoms with Gasteiger partial charge in [-0.2, -0.15) is 0 Å². The van der Waals surface area contributed by atoms with E-state index in [0.29, 0.717) is 6.42 Å². The molecule has 1 aromatic heterocycles. The fourth-order valence-electron chi connectivity index (χ4n) is 3.60. The number of thiophene rings is 1. The van der Waals surface area contributed by atoms with Crippen LogP contribution in [0.15, 0.2) is 60.0 Å². The molecule has 0 radical (unpaired) electrons. The summed E-state index contributed by atoms with van der Waals surface area (Å²) < 4.78 is 13.3. The lowest BCUT2D eigenvalue weighted by Gasteiger charge is -2.29. The van der Waals surface area contributed by atoms with Crippen LogP contribution < -0.4 is 10.2 Å². The molecule has 2 heterocycles. The highest BCUT2D eigenvalue weighted by Crippen LogP contribution is 2.28. The van der Waals surface area contributed by atoms with Crippen LogP contribution in [0.25, 0.3) is 0 Å². The van der Waals surface area contributed by atoms with E-state index in [4.69, 9.17) is 0 Å². The van der Waals surface area contributed by atoms with Crippen molar-refractivity contribution in [1.29, 1.82) is 0 Å². The average Bonchev–Trinajstić information content (AvgIpc) is 3.16. The van der Waals surface area contributed by atoms with E-state index in [-0.39, 0.29) is 17.6 Å². The summed E-state index contributed by atoms with van der Waals surface area (Å²) in [5.74, 6) is -0.563. The molecule has 1 unspecified atom stereocenters. The molecule has 0 aliphatic carbocycles. The first-order valence-corrected chi connectivity index (χ1v) is 10.4. The third-order valence-corrected chi connectivity index (χ3v) is 6.21. The number of rotatable bonds is 5. The molecule has 1 aliphatic heterocycles. The summed E-state index contributed by atoms with van der Waals surface area (Å²) in [4.78, 5) is 16.3. The number of nitrogens with zero attached hydrogens (tertiary/aromatic N) is 1. The van der Waals surface area contributed by atoms with Crippen molar-refractivity contribution in [3.63, 3.8) is 0 Å². The number of fused-ring (bicyclic) bond motifs is 1. The van der Waals surface area contributed by atoms with E-state index in [1.54, 1.807) is 6.07 Å². The largest absolute Gasteiger partial charge is 0.367 e. The number of hydrogen-bond donors (Lipinski definition) is 1. The molecule has 1 aliphatic rings. The van der Waals surface area contributed by atoms with Gasteiger partial charge < -0.3 is 10.2 Å². The Hall–Kier alpha value is -2.66. The van der Waals surface area contributed by atoms with Crippen molar-refractivity contribution in [2.24, 2.45) is 5.92 Å². The lowest BCUT2D eigenvalue weighted by atomic mass is 10.00. The van der Waals surface area contributed by atoms with Crippen LogP contribution >= 0.6 is 11.3 Å². The summed E-state index contributed by atoms with van der Waals surface area (Å²) in [6.07, 6.45) is 1.60. The quantitative estimate of drug-likeness (QED) is 0.640. The van der Waals surface area contributed by atoms with Gasteiger partial charge in [-0.3, -0.25) is 4.79 Å². The number of halogens is 1. The van der Waals surface area contributed by atoms with Crippen molar-refractivity contribution in [1.82, 2.24) is 0 Å². The molecule has 2 aromatic carbocycles. The van der Waals surface area contributed by atoms with E-state index in [1.165, 1.54) is 28.3 Å². The summed E-state index contributed by atoms with van der Waals surface area (Å²) in [5, 5.41) is 5.13. The van der Waals surface area contributed by atoms with Crippen LogP contribution in [-0.2, 0) is 24.2 Å². The lowest BCUT2D eigenvalue weighted by molar-refractivity contribution is -0.119. The van der Waals surface area contributed by atoms with Crippen molar-refractivity contribution in [2.75, 3.05) is 16.8 Å². The number of carbonyl (C=O) groups is 1. The van der Waals surface area contributed by atoms with E-state index >= 15 is 0 Å². The maximum atomic E-state index is 13.3. The SMILES string of the molecule is CC(Cc1cccc(F)c1)C(=O)Nc1ccc(N2CCc3sccc3C2)cc1. The van der Waals surface area contributed by atoms with Gasteiger partial charge in [0.1, 0.15) is 5.82 Å². The van der Waals surface area contributed by atoms with Crippen LogP contribution in [-0.4, -0.2) is 12.5 Å². The van der Waals surface area contributed by atoms with Crippen molar-refractivity contribution in [3.05, 3.63) is 81.8 Å². The highest BCUT2D eigenvalue weighted by Gasteiger charge is 2.18. The van der Waals surface area contributed by atoms with E-state index in [9.17, 15) is 9.18 Å². The van der Waals surface area contributed by atoms with Gasteiger partial charge in [-0.05, 0) is 71.8 Å². The van der Waals surface area contributed by atoms with Crippen molar-refractivity contribution in [3.8, 4) is 0 Å². The first-order valence-electron chi connectivity index (χ1n) is 9.54. The highest BCUT2D eigenvalue weighted by atomic mass is 32.1. The van der Waals surface area contributed by atoms with E-state index in [0.717, 1.165) is 30.8 Å². The molecule has 0 fully saturated rings. The lowest BCUT2D eigenvalue weighted by Crippen LogP contribution is -2.29. The number of benzene rings is 2. The van der Waals surface area contributed by atoms with Crippen LogP contribution in [0.5, 0.6) is 0 Å². The zero-order chi connectivity index (χ0) is 19.5. The Morgan fingerprint density at radius 3 is 2.82 bits per heavy atom. The van der Waals surface area contributed by atoms with Gasteiger partial charge in [-0.15, -0.1) is 11.3 Å². The Morgan fingerprint density at radius 1 is 1.21 bits per heavy atom. The molecule has 0 bridgehead atoms. The van der Waals surface area contributed by atoms with E-state index in [1.807, 2.05) is 36.5 Å². The Morgan fingerprint density at radius 2 is 2.04 bits per heavy atom. The zero-order valence-corrected chi connectivity index (χ0v) is 16.6. The molecule has 28 heavy (non-hydrogen) atoms. The molecule has 5 heteroatoms. The second-order valence-electron chi connectivity index (χ2n) is 7.31. The maximum Gasteiger partial charge on any atom is 0.227 e. The zero-order valence-electron chi connectivity index (χ0n) is 15.8. The van der Waals surface area contributed by atoms with Crippen LogP contribution in [0.4, 0.5) is 15.8 Å². The number of amides is 1. The van der Waals surface area contributed by atoms with Crippen LogP contribution in [0.3, 0.4) is 0 Å². The topological polar surface area (TPSA) is 32.3 Å². The van der Waals surface area contributed by atoms with E-state index in [2.05, 4.69) is 33.8 Å². The smallest absolute Gasteiger partial charge is 0.227 e. The number of carbonyl (C=O) groups excluding carboxylic acids is 1. The Balaban J connectivity index is 1.36. The minimum absolute atomic E-state index is 0.0575. The molecule has 0 spiro atoms. The first-order chi connectivity index (χ1) is 13.6. The molecule has 4 rings (SSSR count). The number of nitrogens with one attached hydrogen (secondary N) is 1. The highest BCUT2D eigenvalue weighted by molar-refractivity contribution is 7.10. The van der Waals surface area contributed by atoms with Gasteiger partial charge in [0.25, 0.3) is 0 Å². The van der Waals surface area contributed by atoms with Gasteiger partial charge in [0.05, 0.1) is 0 Å². The monoisotopic (exact) mass is 394 g/mol. The minimum Gasteiger partial charge on any atom is -0.367 e. The molecule has 3 nitrogen and oxygen atoms in total. The fourth-order valence-corrected chi connectivity index (χ4v) is 4.49. The van der Waals surface area contributed by atoms with Gasteiger partial charge in [0.2, 0.25) is 5.91 Å². The predicted molar refractivity (Wildman–Crippen MR) is 113 cm³/mol. The van der Waals surface area contributed by atoms with Crippen LogP contribution in [0.2, 0.25) is 0 Å². The molecule has 1 N–H and O–H groups in total. The average molecular weight is 395 g/mol. The Bertz CT molecular complexity index is 967. The van der Waals surface area contributed by atoms with Crippen LogP contribution in [0, 0.1) is 11.7 Å². The minimum atomic E-state index is -0.270. The van der Waals surface area contributed by atoms with Crippen molar-refractivity contribution < 1.29 is 9.18 Å². The van der Waals surface area contributed by atoms with Crippen molar-refractivity contribution in [2.45, 2.75) is 26.3 Å². The van der Waals surface area contributed by atoms with Gasteiger partial charge >= 0.3 is 0 Å². The van der Waals surface area contributed by atoms with Crippen LogP contribution in [0.1, 0.15) is 22.9 Å². The summed E-state index contributed by atoms with van der Waals surface area (Å²) in [5.41, 5.74) is 4.20. The van der Waals surface area contributed by atoms with Gasteiger partial charge in [0.15, 0.2) is 0 Å². The molecule has 0 saturated heterocycles. The maximum absolute atomic E-state index is 13.3. The first kappa shape index (κ1) is 18.7. The van der Waals surface area contributed by atoms with Gasteiger partial charge in [0, 0.05) is 35.3 Å². The second-order valence-corrected chi connectivity index (χ2v) is 8.31. The third kappa shape index (κ3) is 4.25. The second kappa shape index (κ2) is 8.15. The summed E-state index contributed by atoms with van der Waals surface area (Å²) >= 11 is 1.84. The van der Waals surface area contributed by atoms with E-state index < -0.39 is 0 Å². The molecule has 1 amide bonds. The normalized spacial score (nSPS) is 14.4. The summed E-state index contributed by atoms with van der Waals surface area (Å²) in [7, 11) is 0. The predicted octanol–water partition coefficient (Wildman–Crippen LogP) is 5.27. The Kier molecular flexibility index (Phi) is 5.44. The summed E-state index contributed by atoms with van der Waals surface area (Å²) in [6.45, 7) is 3.82. The molecule has 1 atom stereocenters. The molecule has 0 saturated carbocycles. The van der Waals surface area contributed by atoms with Gasteiger partial charge in [-0.25, -0.2) is 4.39 Å². The van der Waals surface area contributed by atoms with Gasteiger partial charge in [-0.1, -0.05) is 19.1 Å². The molecule has 144 valence electrons. The Labute approximate surface area is 168 Å². The number of anilines is 2. The third-order valence-electron chi connectivity index (χ3n) is 5.19. The standard InChI is InChI=1S/C23H23FN2OS/c1-16(13-17-3-2-4-19(24)14-17)23(27)25-20-5-7-21(8-6-20)26-11-9-22-18(15-26)10-12-28-22/h2-8,10,12,14,16H,9,11,13,15H2,1H3,(H,25,27). The summed E-state index contributed by atoms with van der Waals surface area (Å²) in [6, 6.07) is 16.6. The molecular weight excluding hydrogens is 371 g/mol. The molecule has 3 aromatic rings.